The van der Waals surface area contributed by atoms with Crippen molar-refractivity contribution in [1.82, 2.24) is 10.2 Å². The molecule has 10 nitrogen and oxygen atoms in total. The minimum atomic E-state index is -4.36. The largest absolute Gasteiger partial charge is 0.352 e. The van der Waals surface area contributed by atoms with Crippen LogP contribution in [0.3, 0.4) is 0 Å². The second-order valence-corrected chi connectivity index (χ2v) is 13.0. The number of halogens is 2. The van der Waals surface area contributed by atoms with E-state index in [1.165, 1.54) is 53.4 Å². The van der Waals surface area contributed by atoms with Gasteiger partial charge in [-0.2, -0.15) is 0 Å². The maximum absolute atomic E-state index is 14.2. The molecule has 13 heteroatoms. The normalized spacial score (nSPS) is 14.2. The molecule has 1 saturated carbocycles. The molecule has 1 aliphatic rings. The molecule has 0 radical (unpaired) electrons. The zero-order chi connectivity index (χ0) is 31.1. The molecule has 1 fully saturated rings. The number of benzene rings is 3. The third kappa shape index (κ3) is 7.84. The van der Waals surface area contributed by atoms with Gasteiger partial charge in [0.2, 0.25) is 11.8 Å². The van der Waals surface area contributed by atoms with Crippen molar-refractivity contribution in [2.75, 3.05) is 10.8 Å². The fraction of sp³-hybridized carbons (Fsp3) is 0.333. The van der Waals surface area contributed by atoms with Crippen molar-refractivity contribution in [2.24, 2.45) is 0 Å². The first-order valence-electron chi connectivity index (χ1n) is 13.9. The summed E-state index contributed by atoms with van der Waals surface area (Å²) in [5, 5.41) is 15.2. The number of nitro benzene ring substituents is 1. The second kappa shape index (κ2) is 14.2. The van der Waals surface area contributed by atoms with Crippen molar-refractivity contribution in [2.45, 2.75) is 62.6 Å². The summed E-state index contributed by atoms with van der Waals surface area (Å²) in [7, 11) is -4.36. The van der Waals surface area contributed by atoms with E-state index < -0.39 is 33.4 Å². The van der Waals surface area contributed by atoms with Crippen molar-refractivity contribution >= 4 is 56.4 Å². The molecule has 0 aromatic heterocycles. The number of nitrogens with zero attached hydrogens (tertiary/aromatic N) is 3. The van der Waals surface area contributed by atoms with Gasteiger partial charge < -0.3 is 10.2 Å². The van der Waals surface area contributed by atoms with Crippen LogP contribution >= 0.6 is 23.2 Å². The molecule has 0 saturated heterocycles. The van der Waals surface area contributed by atoms with E-state index in [0.29, 0.717) is 10.6 Å². The number of nitro groups is 1. The number of sulfonamides is 1. The average molecular weight is 648 g/mol. The van der Waals surface area contributed by atoms with Crippen LogP contribution in [0.5, 0.6) is 0 Å². The fourth-order valence-corrected chi connectivity index (χ4v) is 7.03. The highest BCUT2D eigenvalue weighted by atomic mass is 35.5. The highest BCUT2D eigenvalue weighted by Crippen LogP contribution is 2.29. The van der Waals surface area contributed by atoms with Gasteiger partial charge in [0.15, 0.2) is 0 Å². The Morgan fingerprint density at radius 3 is 2.35 bits per heavy atom. The first-order chi connectivity index (χ1) is 20.5. The smallest absolute Gasteiger partial charge is 0.271 e. The molecule has 1 unspecified atom stereocenters. The number of hydrogen-bond donors (Lipinski definition) is 1. The third-order valence-electron chi connectivity index (χ3n) is 7.38. The Bertz CT molecular complexity index is 1580. The number of amides is 2. The maximum Gasteiger partial charge on any atom is 0.271 e. The van der Waals surface area contributed by atoms with Gasteiger partial charge in [-0.25, -0.2) is 8.42 Å². The molecule has 0 aliphatic heterocycles. The number of nitrogens with one attached hydrogen (secondary N) is 1. The fourth-order valence-electron chi connectivity index (χ4n) is 5.13. The second-order valence-electron chi connectivity index (χ2n) is 10.3. The quantitative estimate of drug-likeness (QED) is 0.191. The Labute approximate surface area is 260 Å². The predicted octanol–water partition coefficient (Wildman–Crippen LogP) is 5.96. The Hall–Kier alpha value is -3.67. The summed E-state index contributed by atoms with van der Waals surface area (Å²) >= 11 is 12.5. The zero-order valence-corrected chi connectivity index (χ0v) is 25.8. The lowest BCUT2D eigenvalue weighted by molar-refractivity contribution is -0.384. The molecular formula is C30H32Cl2N4O6S. The molecule has 3 aromatic rings. The number of non-ortho nitro benzene ring substituents is 1. The van der Waals surface area contributed by atoms with E-state index in [2.05, 4.69) is 5.32 Å². The van der Waals surface area contributed by atoms with Crippen LogP contribution in [0.15, 0.2) is 77.7 Å². The Kier molecular flexibility index (Phi) is 10.6. The van der Waals surface area contributed by atoms with E-state index in [-0.39, 0.29) is 46.2 Å². The molecule has 2 amide bonds. The molecule has 3 aromatic carbocycles. The molecule has 1 aliphatic carbocycles. The highest BCUT2D eigenvalue weighted by Gasteiger charge is 2.35. The summed E-state index contributed by atoms with van der Waals surface area (Å²) in [6.07, 6.45) is 3.93. The minimum Gasteiger partial charge on any atom is -0.352 e. The first kappa shape index (κ1) is 32.2. The lowest BCUT2D eigenvalue weighted by Gasteiger charge is -2.34. The highest BCUT2D eigenvalue weighted by molar-refractivity contribution is 7.92. The van der Waals surface area contributed by atoms with E-state index in [1.54, 1.807) is 25.1 Å². The topological polar surface area (TPSA) is 130 Å². The maximum atomic E-state index is 14.2. The molecule has 1 atom stereocenters. The minimum absolute atomic E-state index is 0.00236. The van der Waals surface area contributed by atoms with Gasteiger partial charge in [0.1, 0.15) is 12.6 Å². The van der Waals surface area contributed by atoms with Crippen molar-refractivity contribution in [1.29, 1.82) is 0 Å². The van der Waals surface area contributed by atoms with Gasteiger partial charge in [0.05, 0.1) is 15.5 Å². The van der Waals surface area contributed by atoms with E-state index in [9.17, 15) is 28.1 Å². The van der Waals surface area contributed by atoms with Gasteiger partial charge >= 0.3 is 0 Å². The predicted molar refractivity (Wildman–Crippen MR) is 166 cm³/mol. The van der Waals surface area contributed by atoms with Crippen molar-refractivity contribution < 1.29 is 22.9 Å². The summed E-state index contributed by atoms with van der Waals surface area (Å²) in [5.41, 5.74) is 0.101. The van der Waals surface area contributed by atoms with Crippen LogP contribution in [-0.4, -0.2) is 48.7 Å². The lowest BCUT2D eigenvalue weighted by Crippen LogP contribution is -2.53. The Morgan fingerprint density at radius 2 is 1.72 bits per heavy atom. The SMILES string of the molecule is CCC(C(=O)NC1CCCC1)N(Cc1ccc(Cl)cc1Cl)C(=O)CN(c1cccc([N+](=O)[O-])c1)S(=O)(=O)c1ccccc1. The van der Waals surface area contributed by atoms with Crippen LogP contribution in [0.25, 0.3) is 0 Å². The van der Waals surface area contributed by atoms with Gasteiger partial charge in [-0.3, -0.25) is 24.0 Å². The first-order valence-corrected chi connectivity index (χ1v) is 16.1. The van der Waals surface area contributed by atoms with E-state index in [0.717, 1.165) is 36.1 Å². The van der Waals surface area contributed by atoms with Gasteiger partial charge in [0, 0.05) is 34.8 Å². The molecule has 0 heterocycles. The summed E-state index contributed by atoms with van der Waals surface area (Å²) in [5.74, 6) is -1.04. The zero-order valence-electron chi connectivity index (χ0n) is 23.5. The van der Waals surface area contributed by atoms with Crippen LogP contribution in [0.4, 0.5) is 11.4 Å². The number of hydrogen-bond acceptors (Lipinski definition) is 6. The van der Waals surface area contributed by atoms with Gasteiger partial charge in [-0.15, -0.1) is 0 Å². The molecule has 43 heavy (non-hydrogen) atoms. The van der Waals surface area contributed by atoms with Crippen molar-refractivity contribution in [3.63, 3.8) is 0 Å². The van der Waals surface area contributed by atoms with Crippen LogP contribution < -0.4 is 9.62 Å². The van der Waals surface area contributed by atoms with Crippen LogP contribution in [0.2, 0.25) is 10.0 Å². The molecule has 4 rings (SSSR count). The van der Waals surface area contributed by atoms with Crippen LogP contribution in [0.1, 0.15) is 44.6 Å². The summed E-state index contributed by atoms with van der Waals surface area (Å²) in [4.78, 5) is 39.8. The standard InChI is InChI=1S/C30H32Cl2N4O6S/c1-2-28(30(38)33-23-9-6-7-10-23)34(19-21-15-16-22(31)17-27(21)32)29(37)20-35(24-11-8-12-25(18-24)36(39)40)43(41,42)26-13-4-3-5-14-26/h3-5,8,11-18,23,28H,2,6-7,9-10,19-20H2,1H3,(H,33,38). The monoisotopic (exact) mass is 646 g/mol. The Balaban J connectivity index is 1.76. The summed E-state index contributed by atoms with van der Waals surface area (Å²) in [6.45, 7) is 0.943. The summed E-state index contributed by atoms with van der Waals surface area (Å²) < 4.78 is 28.6. The van der Waals surface area contributed by atoms with Crippen molar-refractivity contribution in [3.05, 3.63) is 98.5 Å². The summed E-state index contributed by atoms with van der Waals surface area (Å²) in [6, 6.07) is 16.4. The molecule has 0 bridgehead atoms. The lowest BCUT2D eigenvalue weighted by atomic mass is 10.1. The van der Waals surface area contributed by atoms with Gasteiger partial charge in [-0.1, -0.05) is 73.3 Å². The van der Waals surface area contributed by atoms with E-state index in [4.69, 9.17) is 23.2 Å². The number of carbonyl (C=O) groups excluding carboxylic acids is 2. The molecule has 228 valence electrons. The van der Waals surface area contributed by atoms with Crippen LogP contribution in [-0.2, 0) is 26.2 Å². The number of anilines is 1. The number of rotatable bonds is 12. The number of carbonyl (C=O) groups is 2. The average Bonchev–Trinajstić information content (AvgIpc) is 3.50. The van der Waals surface area contributed by atoms with Gasteiger partial charge in [0.25, 0.3) is 15.7 Å². The van der Waals surface area contributed by atoms with Crippen molar-refractivity contribution in [3.8, 4) is 0 Å². The molecule has 1 N–H and O–H groups in total. The molecule has 0 spiro atoms. The van der Waals surface area contributed by atoms with Gasteiger partial charge in [-0.05, 0) is 55.2 Å². The molecular weight excluding hydrogens is 615 g/mol. The Morgan fingerprint density at radius 1 is 1.02 bits per heavy atom. The van der Waals surface area contributed by atoms with E-state index >= 15 is 0 Å². The van der Waals surface area contributed by atoms with E-state index in [1.807, 2.05) is 0 Å². The van der Waals surface area contributed by atoms with Crippen LogP contribution in [0, 0.1) is 10.1 Å². The third-order valence-corrected chi connectivity index (χ3v) is 9.76.